The third-order valence-corrected chi connectivity index (χ3v) is 17.8. The average molecular weight is 563 g/mol. The second-order valence-electron chi connectivity index (χ2n) is 9.55. The van der Waals surface area contributed by atoms with Crippen LogP contribution in [0.3, 0.4) is 0 Å². The molecule has 3 aromatic carbocycles. The van der Waals surface area contributed by atoms with E-state index < -0.39 is 18.4 Å². The van der Waals surface area contributed by atoms with E-state index in [2.05, 4.69) is 101 Å². The zero-order valence-electron chi connectivity index (χ0n) is 19.5. The third-order valence-electron chi connectivity index (χ3n) is 6.04. The molecular formula is C28H28OS2Sn. The summed E-state index contributed by atoms with van der Waals surface area (Å²) in [6.45, 7) is 4.39. The van der Waals surface area contributed by atoms with E-state index in [1.807, 2.05) is 11.3 Å². The van der Waals surface area contributed by atoms with Crippen molar-refractivity contribution in [3.05, 3.63) is 71.1 Å². The standard InChI is InChI=1S/C25H19OS2.3CH3.Sn/c1-15-4-6-17(7-5-15)22-20-12-13-27-24(20)25-21(14-16(2)28-25)23(22)18-8-10-19(26-3)11-9-18;;;;/h4-12,14H,1-3H3;3*1H3;. The first-order chi connectivity index (χ1) is 15.3. The van der Waals surface area contributed by atoms with Gasteiger partial charge in [0.2, 0.25) is 0 Å². The van der Waals surface area contributed by atoms with Crippen molar-refractivity contribution in [2.75, 3.05) is 7.11 Å². The number of benzene rings is 3. The first-order valence-corrected chi connectivity index (χ1v) is 22.6. The molecule has 162 valence electrons. The van der Waals surface area contributed by atoms with Gasteiger partial charge in [-0.1, -0.05) is 0 Å². The molecule has 0 N–H and O–H groups in total. The van der Waals surface area contributed by atoms with Gasteiger partial charge in [0.1, 0.15) is 0 Å². The van der Waals surface area contributed by atoms with Crippen molar-refractivity contribution in [2.24, 2.45) is 0 Å². The molecular weight excluding hydrogens is 535 g/mol. The van der Waals surface area contributed by atoms with Crippen molar-refractivity contribution in [3.8, 4) is 28.0 Å². The van der Waals surface area contributed by atoms with Crippen LogP contribution in [0, 0.1) is 13.8 Å². The molecule has 0 aliphatic carbocycles. The van der Waals surface area contributed by atoms with Gasteiger partial charge >= 0.3 is 204 Å². The van der Waals surface area contributed by atoms with Crippen LogP contribution < -0.4 is 7.63 Å². The SMILES string of the molecule is COc1ccc(-c2c(-c3ccc(C)cc3)c3c[c]([Sn]([CH3])([CH3])[CH3])sc3c3sc(C)cc23)cc1. The van der Waals surface area contributed by atoms with E-state index in [9.17, 15) is 0 Å². The van der Waals surface area contributed by atoms with Gasteiger partial charge in [-0.3, -0.25) is 0 Å². The molecule has 0 radical (unpaired) electrons. The number of rotatable bonds is 4. The van der Waals surface area contributed by atoms with Crippen LogP contribution >= 0.6 is 22.7 Å². The van der Waals surface area contributed by atoms with Crippen LogP contribution in [0.1, 0.15) is 10.4 Å². The number of methoxy groups -OCH3 is 1. The van der Waals surface area contributed by atoms with Crippen molar-refractivity contribution in [2.45, 2.75) is 28.7 Å². The van der Waals surface area contributed by atoms with Crippen molar-refractivity contribution in [1.82, 2.24) is 0 Å². The van der Waals surface area contributed by atoms with Gasteiger partial charge in [-0.25, -0.2) is 0 Å². The molecule has 0 saturated heterocycles. The Hall–Kier alpha value is -1.82. The van der Waals surface area contributed by atoms with Crippen LogP contribution in [0.4, 0.5) is 0 Å². The summed E-state index contributed by atoms with van der Waals surface area (Å²) in [5, 5.41) is 2.79. The summed E-state index contributed by atoms with van der Waals surface area (Å²) in [5.74, 6) is 0.893. The molecule has 1 nitrogen and oxygen atoms in total. The van der Waals surface area contributed by atoms with Crippen LogP contribution in [-0.2, 0) is 0 Å². The van der Waals surface area contributed by atoms with Gasteiger partial charge in [0, 0.05) is 0 Å². The van der Waals surface area contributed by atoms with Crippen LogP contribution in [-0.4, -0.2) is 25.5 Å². The summed E-state index contributed by atoms with van der Waals surface area (Å²) < 4.78 is 9.99. The van der Waals surface area contributed by atoms with Gasteiger partial charge in [0.05, 0.1) is 0 Å². The molecule has 2 heterocycles. The quantitative estimate of drug-likeness (QED) is 0.199. The number of fused-ring (bicyclic) bond motifs is 3. The van der Waals surface area contributed by atoms with Crippen LogP contribution in [0.25, 0.3) is 42.4 Å². The normalized spacial score (nSPS) is 12.1. The first kappa shape index (κ1) is 22.0. The molecule has 0 fully saturated rings. The van der Waals surface area contributed by atoms with Crippen LogP contribution in [0.15, 0.2) is 60.7 Å². The topological polar surface area (TPSA) is 9.23 Å². The molecule has 32 heavy (non-hydrogen) atoms. The second kappa shape index (κ2) is 8.19. The molecule has 0 unspecified atom stereocenters. The third kappa shape index (κ3) is 3.78. The molecule has 0 bridgehead atoms. The van der Waals surface area contributed by atoms with Crippen molar-refractivity contribution in [1.29, 1.82) is 0 Å². The fourth-order valence-electron chi connectivity index (χ4n) is 4.33. The van der Waals surface area contributed by atoms with Crippen molar-refractivity contribution in [3.63, 3.8) is 0 Å². The Morgan fingerprint density at radius 1 is 0.688 bits per heavy atom. The Kier molecular flexibility index (Phi) is 5.63. The second-order valence-corrected chi connectivity index (χ2v) is 27.3. The Morgan fingerprint density at radius 2 is 1.22 bits per heavy atom. The zero-order valence-corrected chi connectivity index (χ0v) is 24.0. The molecule has 0 saturated carbocycles. The fraction of sp³-hybridized carbons (Fsp3) is 0.214. The number of thiophene rings is 2. The summed E-state index contributed by atoms with van der Waals surface area (Å²) in [6.07, 6.45) is 0. The maximum absolute atomic E-state index is 5.45. The summed E-state index contributed by atoms with van der Waals surface area (Å²) >= 11 is 1.76. The number of aryl methyl sites for hydroxylation is 2. The van der Waals surface area contributed by atoms with E-state index in [4.69, 9.17) is 4.74 Å². The van der Waals surface area contributed by atoms with Crippen LogP contribution in [0.2, 0.25) is 14.8 Å². The summed E-state index contributed by atoms with van der Waals surface area (Å²) in [5.41, 5.74) is 6.55. The number of ether oxygens (including phenoxy) is 1. The monoisotopic (exact) mass is 564 g/mol. The van der Waals surface area contributed by atoms with E-state index in [0.29, 0.717) is 0 Å². The van der Waals surface area contributed by atoms with Gasteiger partial charge in [0.25, 0.3) is 0 Å². The summed E-state index contributed by atoms with van der Waals surface area (Å²) in [4.78, 5) is 8.93. The number of hydrogen-bond acceptors (Lipinski definition) is 3. The van der Waals surface area contributed by atoms with Gasteiger partial charge in [-0.15, -0.1) is 0 Å². The molecule has 5 rings (SSSR count). The number of hydrogen-bond donors (Lipinski definition) is 0. The Balaban J connectivity index is 1.96. The minimum atomic E-state index is -2.23. The summed E-state index contributed by atoms with van der Waals surface area (Å²) in [7, 11) is 1.73. The van der Waals surface area contributed by atoms with Gasteiger partial charge in [-0.05, 0) is 0 Å². The molecule has 0 aliphatic heterocycles. The molecule has 2 aromatic heterocycles. The summed E-state index contributed by atoms with van der Waals surface area (Å²) in [6, 6.07) is 22.5. The molecule has 0 atom stereocenters. The molecule has 0 spiro atoms. The molecule has 0 aliphatic rings. The van der Waals surface area contributed by atoms with E-state index >= 15 is 0 Å². The Morgan fingerprint density at radius 3 is 1.78 bits per heavy atom. The first-order valence-electron chi connectivity index (χ1n) is 11.0. The van der Waals surface area contributed by atoms with E-state index in [1.165, 1.54) is 52.9 Å². The molecule has 4 heteroatoms. The fourth-order valence-corrected chi connectivity index (χ4v) is 11.9. The molecule has 0 amide bonds. The van der Waals surface area contributed by atoms with Crippen molar-refractivity contribution >= 4 is 64.1 Å². The van der Waals surface area contributed by atoms with E-state index in [1.54, 1.807) is 10.0 Å². The van der Waals surface area contributed by atoms with E-state index in [0.717, 1.165) is 5.75 Å². The Bertz CT molecular complexity index is 1430. The average Bonchev–Trinajstić information content (AvgIpc) is 3.37. The predicted octanol–water partition coefficient (Wildman–Crippen LogP) is 8.62. The minimum absolute atomic E-state index is 0.893. The Labute approximate surface area is 202 Å². The maximum atomic E-state index is 5.45. The predicted molar refractivity (Wildman–Crippen MR) is 147 cm³/mol. The van der Waals surface area contributed by atoms with Gasteiger partial charge in [-0.2, -0.15) is 0 Å². The van der Waals surface area contributed by atoms with Gasteiger partial charge in [0.15, 0.2) is 0 Å². The van der Waals surface area contributed by atoms with E-state index in [-0.39, 0.29) is 0 Å². The van der Waals surface area contributed by atoms with Crippen molar-refractivity contribution < 1.29 is 4.74 Å². The zero-order chi connectivity index (χ0) is 22.6. The van der Waals surface area contributed by atoms with Crippen LogP contribution in [0.5, 0.6) is 5.75 Å². The van der Waals surface area contributed by atoms with Gasteiger partial charge < -0.3 is 0 Å². The molecule has 5 aromatic rings.